The highest BCUT2D eigenvalue weighted by molar-refractivity contribution is 6.11. The van der Waals surface area contributed by atoms with Gasteiger partial charge in [0, 0.05) is 11.4 Å². The van der Waals surface area contributed by atoms with Crippen molar-refractivity contribution in [3.8, 4) is 0 Å². The summed E-state index contributed by atoms with van der Waals surface area (Å²) in [5, 5.41) is 7.88. The molecule has 1 atom stereocenters. The van der Waals surface area contributed by atoms with Crippen LogP contribution >= 0.6 is 0 Å². The first-order chi connectivity index (χ1) is 13.7. The first kappa shape index (κ1) is 20.4. The summed E-state index contributed by atoms with van der Waals surface area (Å²) in [6.07, 6.45) is -3.89. The van der Waals surface area contributed by atoms with E-state index in [9.17, 15) is 22.8 Å². The highest BCUT2D eigenvalue weighted by Crippen LogP contribution is 2.30. The number of carbonyl (C=O) groups excluding carboxylic acids is 2. The maximum absolute atomic E-state index is 12.8. The Kier molecular flexibility index (Phi) is 5.86. The molecule has 29 heavy (non-hydrogen) atoms. The Bertz CT molecular complexity index is 939. The Hall–Kier alpha value is -3.36. The lowest BCUT2D eigenvalue weighted by molar-refractivity contribution is -0.137. The minimum absolute atomic E-state index is 0.00146. The molecule has 2 aromatic carbocycles. The van der Waals surface area contributed by atoms with Gasteiger partial charge < -0.3 is 10.6 Å². The largest absolute Gasteiger partial charge is 0.416 e. The van der Waals surface area contributed by atoms with E-state index >= 15 is 0 Å². The number of aliphatic imine (C=N–C) groups is 1. The normalized spacial score (nSPS) is 16.2. The number of nitrogens with zero attached hydrogens (tertiary/aromatic N) is 1. The van der Waals surface area contributed by atoms with Crippen LogP contribution < -0.4 is 16.0 Å². The van der Waals surface area contributed by atoms with Crippen molar-refractivity contribution >= 4 is 29.1 Å². The summed E-state index contributed by atoms with van der Waals surface area (Å²) < 4.78 is 38.3. The minimum Gasteiger partial charge on any atom is -0.326 e. The Morgan fingerprint density at radius 3 is 2.52 bits per heavy atom. The molecule has 0 aromatic heterocycles. The first-order valence-corrected chi connectivity index (χ1v) is 8.96. The number of anilines is 2. The number of amides is 2. The Labute approximate surface area is 165 Å². The van der Waals surface area contributed by atoms with Gasteiger partial charge in [-0.3, -0.25) is 14.9 Å². The lowest BCUT2D eigenvalue weighted by atomic mass is 10.1. The molecule has 0 unspecified atom stereocenters. The molecule has 152 valence electrons. The van der Waals surface area contributed by atoms with Crippen LogP contribution in [0.25, 0.3) is 0 Å². The van der Waals surface area contributed by atoms with Gasteiger partial charge in [-0.2, -0.15) is 13.2 Å². The van der Waals surface area contributed by atoms with E-state index in [1.807, 2.05) is 31.2 Å². The fraction of sp³-hybridized carbons (Fsp3) is 0.250. The Balaban J connectivity index is 1.60. The molecule has 9 heteroatoms. The molecule has 3 N–H and O–H groups in total. The summed E-state index contributed by atoms with van der Waals surface area (Å²) in [6.45, 7) is 2.04. The number of aryl methyl sites for hydroxylation is 1. The lowest BCUT2D eigenvalue weighted by Crippen LogP contribution is -2.33. The Morgan fingerprint density at radius 2 is 1.86 bits per heavy atom. The molecule has 0 saturated heterocycles. The summed E-state index contributed by atoms with van der Waals surface area (Å²) in [6, 6.07) is 10.9. The minimum atomic E-state index is -4.51. The fourth-order valence-electron chi connectivity index (χ4n) is 2.77. The van der Waals surface area contributed by atoms with Crippen molar-refractivity contribution in [1.29, 1.82) is 0 Å². The van der Waals surface area contributed by atoms with Gasteiger partial charge >= 0.3 is 6.18 Å². The summed E-state index contributed by atoms with van der Waals surface area (Å²) in [7, 11) is 0. The second-order valence-corrected chi connectivity index (χ2v) is 6.49. The first-order valence-electron chi connectivity index (χ1n) is 8.96. The number of benzene rings is 2. The van der Waals surface area contributed by atoms with Gasteiger partial charge in [0.1, 0.15) is 6.04 Å². The molecule has 1 aliphatic rings. The molecule has 0 aliphatic carbocycles. The van der Waals surface area contributed by atoms with Crippen molar-refractivity contribution in [2.24, 2.45) is 4.99 Å². The van der Waals surface area contributed by atoms with Crippen LogP contribution in [0, 0.1) is 0 Å². The van der Waals surface area contributed by atoms with Gasteiger partial charge in [0.2, 0.25) is 11.9 Å². The zero-order chi connectivity index (χ0) is 21.0. The second kappa shape index (κ2) is 8.34. The van der Waals surface area contributed by atoms with Gasteiger partial charge in [0.25, 0.3) is 5.91 Å². The fourth-order valence-corrected chi connectivity index (χ4v) is 2.77. The van der Waals surface area contributed by atoms with Crippen molar-refractivity contribution in [1.82, 2.24) is 5.32 Å². The van der Waals surface area contributed by atoms with Gasteiger partial charge in [-0.1, -0.05) is 25.1 Å². The molecule has 0 saturated carbocycles. The van der Waals surface area contributed by atoms with E-state index in [2.05, 4.69) is 20.9 Å². The summed E-state index contributed by atoms with van der Waals surface area (Å²) >= 11 is 0. The average molecular weight is 404 g/mol. The molecule has 0 bridgehead atoms. The van der Waals surface area contributed by atoms with Crippen LogP contribution in [-0.2, 0) is 22.2 Å². The molecule has 0 fully saturated rings. The van der Waals surface area contributed by atoms with Gasteiger partial charge in [-0.25, -0.2) is 4.99 Å². The molecule has 3 rings (SSSR count). The van der Waals surface area contributed by atoms with E-state index in [-0.39, 0.29) is 18.1 Å². The predicted molar refractivity (Wildman–Crippen MR) is 103 cm³/mol. The van der Waals surface area contributed by atoms with Gasteiger partial charge in [0.05, 0.1) is 12.0 Å². The van der Waals surface area contributed by atoms with Gasteiger partial charge in [-0.15, -0.1) is 0 Å². The number of hydrogen-bond donors (Lipinski definition) is 3. The maximum Gasteiger partial charge on any atom is 0.416 e. The maximum atomic E-state index is 12.8. The molecule has 2 aromatic rings. The van der Waals surface area contributed by atoms with Crippen LogP contribution in [0.15, 0.2) is 53.5 Å². The third-order valence-electron chi connectivity index (χ3n) is 4.31. The van der Waals surface area contributed by atoms with Gasteiger partial charge in [0.15, 0.2) is 0 Å². The third kappa shape index (κ3) is 5.34. The summed E-state index contributed by atoms with van der Waals surface area (Å²) in [4.78, 5) is 28.4. The van der Waals surface area contributed by atoms with Gasteiger partial charge in [-0.05, 0) is 42.3 Å². The number of guanidine groups is 1. The topological polar surface area (TPSA) is 82.6 Å². The molecule has 0 radical (unpaired) electrons. The highest BCUT2D eigenvalue weighted by Gasteiger charge is 2.31. The highest BCUT2D eigenvalue weighted by atomic mass is 19.4. The van der Waals surface area contributed by atoms with E-state index in [4.69, 9.17) is 0 Å². The van der Waals surface area contributed by atoms with E-state index in [1.54, 1.807) is 0 Å². The second-order valence-electron chi connectivity index (χ2n) is 6.49. The number of alkyl halides is 3. The van der Waals surface area contributed by atoms with E-state index < -0.39 is 29.6 Å². The molecular weight excluding hydrogens is 385 g/mol. The lowest BCUT2D eigenvalue weighted by Gasteiger charge is -2.10. The Morgan fingerprint density at radius 1 is 1.14 bits per heavy atom. The number of carbonyl (C=O) groups is 2. The smallest absolute Gasteiger partial charge is 0.326 e. The molecule has 1 heterocycles. The zero-order valence-electron chi connectivity index (χ0n) is 15.5. The van der Waals surface area contributed by atoms with Crippen molar-refractivity contribution < 1.29 is 22.8 Å². The van der Waals surface area contributed by atoms with Crippen LogP contribution in [0.4, 0.5) is 24.5 Å². The van der Waals surface area contributed by atoms with Crippen LogP contribution in [0.3, 0.4) is 0 Å². The number of nitrogens with one attached hydrogen (secondary N) is 3. The molecule has 6 nitrogen and oxygen atoms in total. The molecule has 2 amide bonds. The molecule has 0 spiro atoms. The van der Waals surface area contributed by atoms with Crippen molar-refractivity contribution in [2.45, 2.75) is 32.0 Å². The SMILES string of the molecule is CCc1ccc(NC2=N[C@@H](CC(=O)Nc3cccc(C(F)(F)F)c3)C(=O)N2)cc1. The monoisotopic (exact) mass is 404 g/mol. The van der Waals surface area contributed by atoms with E-state index in [0.717, 1.165) is 29.8 Å². The zero-order valence-corrected chi connectivity index (χ0v) is 15.5. The summed E-state index contributed by atoms with van der Waals surface area (Å²) in [5.74, 6) is -0.852. The van der Waals surface area contributed by atoms with Crippen molar-refractivity contribution in [3.63, 3.8) is 0 Å². The van der Waals surface area contributed by atoms with Crippen LogP contribution in [-0.4, -0.2) is 23.8 Å². The van der Waals surface area contributed by atoms with E-state index in [1.165, 1.54) is 12.1 Å². The van der Waals surface area contributed by atoms with Crippen molar-refractivity contribution in [2.75, 3.05) is 10.6 Å². The number of halogens is 3. The van der Waals surface area contributed by atoms with Crippen molar-refractivity contribution in [3.05, 3.63) is 59.7 Å². The third-order valence-corrected chi connectivity index (χ3v) is 4.31. The average Bonchev–Trinajstić information content (AvgIpc) is 3.00. The van der Waals surface area contributed by atoms with E-state index in [0.29, 0.717) is 0 Å². The number of hydrogen-bond acceptors (Lipinski definition) is 4. The molecular formula is C20H19F3N4O2. The number of rotatable bonds is 5. The quantitative estimate of drug-likeness (QED) is 0.713. The summed E-state index contributed by atoms with van der Waals surface area (Å²) in [5.41, 5.74) is 1.03. The predicted octanol–water partition coefficient (Wildman–Crippen LogP) is 3.56. The molecule has 1 aliphatic heterocycles. The van der Waals surface area contributed by atoms with Crippen LogP contribution in [0.2, 0.25) is 0 Å². The van der Waals surface area contributed by atoms with Crippen LogP contribution in [0.5, 0.6) is 0 Å². The standard InChI is InChI=1S/C20H19F3N4O2/c1-2-12-6-8-14(9-7-12)25-19-26-16(18(29)27-19)11-17(28)24-15-5-3-4-13(10-15)20(21,22)23/h3-10,16H,2,11H2,1H3,(H,24,28)(H2,25,26,27,29)/t16-/m0/s1. The van der Waals surface area contributed by atoms with Crippen LogP contribution in [0.1, 0.15) is 24.5 Å².